The Morgan fingerprint density at radius 3 is 3.00 bits per heavy atom. The summed E-state index contributed by atoms with van der Waals surface area (Å²) in [6, 6.07) is 4.70. The summed E-state index contributed by atoms with van der Waals surface area (Å²) in [5.74, 6) is 0. The van der Waals surface area contributed by atoms with Crippen LogP contribution in [0.2, 0.25) is 0 Å². The second-order valence-electron chi connectivity index (χ2n) is 4.71. The van der Waals surface area contributed by atoms with Gasteiger partial charge in [-0.05, 0) is 31.9 Å². The van der Waals surface area contributed by atoms with Crippen LogP contribution in [0.25, 0.3) is 0 Å². The fraction of sp³-hybridized carbons (Fsp3) is 0.643. The first-order chi connectivity index (χ1) is 8.76. The minimum atomic E-state index is 0.157. The number of pyridine rings is 1. The van der Waals surface area contributed by atoms with Gasteiger partial charge in [-0.1, -0.05) is 6.07 Å². The lowest BCUT2D eigenvalue weighted by Crippen LogP contribution is -2.60. The largest absolute Gasteiger partial charge is 0.377 e. The van der Waals surface area contributed by atoms with Gasteiger partial charge in [-0.25, -0.2) is 0 Å². The van der Waals surface area contributed by atoms with Crippen LogP contribution in [-0.4, -0.2) is 37.0 Å². The summed E-state index contributed by atoms with van der Waals surface area (Å²) in [6.45, 7) is 4.92. The fourth-order valence-electron chi connectivity index (χ4n) is 2.49. The predicted molar refractivity (Wildman–Crippen MR) is 70.4 cm³/mol. The topological polar surface area (TPSA) is 43.4 Å². The van der Waals surface area contributed by atoms with E-state index in [2.05, 4.69) is 23.3 Å². The average molecular weight is 250 g/mol. The molecule has 2 rings (SSSR count). The maximum Gasteiger partial charge on any atom is 0.0987 e. The first-order valence-corrected chi connectivity index (χ1v) is 6.56. The molecule has 1 N–H and O–H groups in total. The third kappa shape index (κ3) is 2.88. The van der Waals surface area contributed by atoms with E-state index in [1.54, 1.807) is 13.3 Å². The molecule has 0 bridgehead atoms. The van der Waals surface area contributed by atoms with Crippen LogP contribution >= 0.6 is 0 Å². The van der Waals surface area contributed by atoms with Crippen LogP contribution in [0.4, 0.5) is 0 Å². The summed E-state index contributed by atoms with van der Waals surface area (Å²) in [5, 5.41) is 3.58. The molecule has 4 nitrogen and oxygen atoms in total. The third-order valence-electron chi connectivity index (χ3n) is 3.55. The molecule has 0 radical (unpaired) electrons. The summed E-state index contributed by atoms with van der Waals surface area (Å²) < 4.78 is 11.1. The molecule has 1 aliphatic carbocycles. The molecule has 0 aliphatic heterocycles. The molecule has 1 fully saturated rings. The van der Waals surface area contributed by atoms with Crippen molar-refractivity contribution in [1.29, 1.82) is 0 Å². The molecular formula is C14H22N2O2. The highest BCUT2D eigenvalue weighted by molar-refractivity contribution is 5.14. The van der Waals surface area contributed by atoms with Gasteiger partial charge in [0.1, 0.15) is 0 Å². The molecule has 18 heavy (non-hydrogen) atoms. The molecule has 0 amide bonds. The van der Waals surface area contributed by atoms with Gasteiger partial charge in [0.15, 0.2) is 0 Å². The van der Waals surface area contributed by atoms with Crippen molar-refractivity contribution >= 4 is 0 Å². The van der Waals surface area contributed by atoms with Crippen LogP contribution < -0.4 is 5.32 Å². The molecule has 100 valence electrons. The van der Waals surface area contributed by atoms with Crippen LogP contribution in [-0.2, 0) is 9.47 Å². The monoisotopic (exact) mass is 250 g/mol. The zero-order chi connectivity index (χ0) is 13.0. The molecule has 0 spiro atoms. The van der Waals surface area contributed by atoms with Crippen LogP contribution in [0.15, 0.2) is 24.5 Å². The van der Waals surface area contributed by atoms with Crippen LogP contribution in [0.5, 0.6) is 0 Å². The fourth-order valence-corrected chi connectivity index (χ4v) is 2.49. The van der Waals surface area contributed by atoms with Gasteiger partial charge >= 0.3 is 0 Å². The van der Waals surface area contributed by atoms with E-state index in [-0.39, 0.29) is 18.2 Å². The standard InChI is InChI=1S/C14H22N2O2/c1-4-18-13-8-12(14(13)17-3)16-10(2)11-6-5-7-15-9-11/h5-7,9-10,12-14,16H,4,8H2,1-3H3/t10-,12?,13?,14?/m0/s1. The van der Waals surface area contributed by atoms with Gasteiger partial charge in [0.2, 0.25) is 0 Å². The Labute approximate surface area is 109 Å². The molecule has 1 aliphatic rings. The Kier molecular flexibility index (Phi) is 4.69. The minimum Gasteiger partial charge on any atom is -0.377 e. The number of rotatable bonds is 6. The van der Waals surface area contributed by atoms with Crippen molar-refractivity contribution in [3.63, 3.8) is 0 Å². The van der Waals surface area contributed by atoms with Crippen LogP contribution in [0.3, 0.4) is 0 Å². The maximum absolute atomic E-state index is 5.62. The first kappa shape index (κ1) is 13.5. The van der Waals surface area contributed by atoms with Gasteiger partial charge in [0, 0.05) is 38.2 Å². The van der Waals surface area contributed by atoms with Crippen LogP contribution in [0.1, 0.15) is 31.9 Å². The summed E-state index contributed by atoms with van der Waals surface area (Å²) >= 11 is 0. The van der Waals surface area contributed by atoms with E-state index < -0.39 is 0 Å². The molecule has 1 heterocycles. The second-order valence-corrected chi connectivity index (χ2v) is 4.71. The highest BCUT2D eigenvalue weighted by atomic mass is 16.5. The van der Waals surface area contributed by atoms with E-state index >= 15 is 0 Å². The van der Waals surface area contributed by atoms with Crippen molar-refractivity contribution in [2.75, 3.05) is 13.7 Å². The zero-order valence-electron chi connectivity index (χ0n) is 11.3. The Balaban J connectivity index is 1.87. The first-order valence-electron chi connectivity index (χ1n) is 6.56. The summed E-state index contributed by atoms with van der Waals surface area (Å²) in [6.07, 6.45) is 5.10. The van der Waals surface area contributed by atoms with Crippen molar-refractivity contribution in [2.45, 2.75) is 44.6 Å². The quantitative estimate of drug-likeness (QED) is 0.837. The van der Waals surface area contributed by atoms with E-state index in [1.165, 1.54) is 5.56 Å². The van der Waals surface area contributed by atoms with E-state index in [4.69, 9.17) is 9.47 Å². The van der Waals surface area contributed by atoms with Gasteiger partial charge in [-0.2, -0.15) is 0 Å². The summed E-state index contributed by atoms with van der Waals surface area (Å²) in [7, 11) is 1.75. The van der Waals surface area contributed by atoms with E-state index in [9.17, 15) is 0 Å². The molecule has 1 aromatic heterocycles. The number of nitrogens with one attached hydrogen (secondary N) is 1. The van der Waals surface area contributed by atoms with Gasteiger partial charge in [-0.15, -0.1) is 0 Å². The van der Waals surface area contributed by atoms with E-state index in [0.717, 1.165) is 13.0 Å². The molecule has 4 atom stereocenters. The number of methoxy groups -OCH3 is 1. The number of hydrogen-bond donors (Lipinski definition) is 1. The summed E-state index contributed by atoms with van der Waals surface area (Å²) in [5.41, 5.74) is 1.20. The minimum absolute atomic E-state index is 0.157. The van der Waals surface area contributed by atoms with Crippen molar-refractivity contribution < 1.29 is 9.47 Å². The molecule has 0 saturated heterocycles. The lowest BCUT2D eigenvalue weighted by Gasteiger charge is -2.44. The molecule has 4 heteroatoms. The van der Waals surface area contributed by atoms with E-state index in [1.807, 2.05) is 19.2 Å². The maximum atomic E-state index is 5.62. The molecular weight excluding hydrogens is 228 g/mol. The average Bonchev–Trinajstić information content (AvgIpc) is 2.38. The van der Waals surface area contributed by atoms with Gasteiger partial charge in [0.05, 0.1) is 12.2 Å². The number of hydrogen-bond acceptors (Lipinski definition) is 4. The SMILES string of the molecule is CCOC1CC(N[C@@H](C)c2cccnc2)C1OC. The van der Waals surface area contributed by atoms with Gasteiger partial charge < -0.3 is 14.8 Å². The van der Waals surface area contributed by atoms with Crippen molar-refractivity contribution in [3.05, 3.63) is 30.1 Å². The smallest absolute Gasteiger partial charge is 0.0987 e. The molecule has 1 saturated carbocycles. The highest BCUT2D eigenvalue weighted by Gasteiger charge is 2.42. The second kappa shape index (κ2) is 6.27. The summed E-state index contributed by atoms with van der Waals surface area (Å²) in [4.78, 5) is 4.14. The Morgan fingerprint density at radius 1 is 1.56 bits per heavy atom. The predicted octanol–water partition coefficient (Wildman–Crippen LogP) is 1.92. The Bertz CT molecular complexity index is 358. The molecule has 3 unspecified atom stereocenters. The van der Waals surface area contributed by atoms with Crippen molar-refractivity contribution in [2.24, 2.45) is 0 Å². The van der Waals surface area contributed by atoms with E-state index in [0.29, 0.717) is 6.04 Å². The highest BCUT2D eigenvalue weighted by Crippen LogP contribution is 2.29. The number of aromatic nitrogens is 1. The lowest BCUT2D eigenvalue weighted by molar-refractivity contribution is -0.133. The van der Waals surface area contributed by atoms with Gasteiger partial charge in [0.25, 0.3) is 0 Å². The Hall–Kier alpha value is -0.970. The third-order valence-corrected chi connectivity index (χ3v) is 3.55. The van der Waals surface area contributed by atoms with Gasteiger partial charge in [-0.3, -0.25) is 4.98 Å². The van der Waals surface area contributed by atoms with Crippen molar-refractivity contribution in [1.82, 2.24) is 10.3 Å². The zero-order valence-corrected chi connectivity index (χ0v) is 11.3. The normalized spacial score (nSPS) is 28.7. The lowest BCUT2D eigenvalue weighted by atomic mass is 9.84. The Morgan fingerprint density at radius 2 is 2.39 bits per heavy atom. The number of ether oxygens (including phenoxy) is 2. The van der Waals surface area contributed by atoms with Crippen LogP contribution in [0, 0.1) is 0 Å². The molecule has 1 aromatic rings. The van der Waals surface area contributed by atoms with Crippen molar-refractivity contribution in [3.8, 4) is 0 Å². The number of nitrogens with zero attached hydrogens (tertiary/aromatic N) is 1. The molecule has 0 aromatic carbocycles.